The van der Waals surface area contributed by atoms with E-state index in [0.717, 1.165) is 17.8 Å². The third kappa shape index (κ3) is 4.95. The summed E-state index contributed by atoms with van der Waals surface area (Å²) in [5.41, 5.74) is -0.106. The average molecular weight is 358 g/mol. The molecule has 0 aliphatic heterocycles. The Morgan fingerprint density at radius 1 is 1.29 bits per heavy atom. The predicted molar refractivity (Wildman–Crippen MR) is 86.4 cm³/mol. The first-order chi connectivity index (χ1) is 11.1. The van der Waals surface area contributed by atoms with Crippen molar-refractivity contribution in [3.8, 4) is 5.75 Å². The molecular formula is C16H17F3N2O2S. The summed E-state index contributed by atoms with van der Waals surface area (Å²) in [6, 6.07) is 4.39. The van der Waals surface area contributed by atoms with E-state index in [0.29, 0.717) is 5.13 Å². The minimum atomic E-state index is -4.45. The van der Waals surface area contributed by atoms with Crippen molar-refractivity contribution in [3.05, 3.63) is 40.9 Å². The number of carbonyl (C=O) groups is 1. The van der Waals surface area contributed by atoms with Crippen molar-refractivity contribution >= 4 is 22.4 Å². The predicted octanol–water partition coefficient (Wildman–Crippen LogP) is 4.48. The molecule has 1 amide bonds. The zero-order chi connectivity index (χ0) is 18.0. The van der Waals surface area contributed by atoms with Crippen LogP contribution in [-0.2, 0) is 16.4 Å². The molecule has 1 aromatic carbocycles. The summed E-state index contributed by atoms with van der Waals surface area (Å²) in [5, 5.41) is 4.85. The van der Waals surface area contributed by atoms with Crippen LogP contribution in [0.4, 0.5) is 18.3 Å². The van der Waals surface area contributed by atoms with Crippen molar-refractivity contribution in [2.45, 2.75) is 32.4 Å². The van der Waals surface area contributed by atoms with Crippen LogP contribution in [0.15, 0.2) is 29.6 Å². The highest BCUT2D eigenvalue weighted by Gasteiger charge is 2.30. The second-order valence-corrected chi connectivity index (χ2v) is 7.01. The number of ether oxygens (including phenoxy) is 1. The molecule has 1 N–H and O–H groups in total. The number of thiazole rings is 1. The van der Waals surface area contributed by atoms with E-state index in [1.54, 1.807) is 0 Å². The average Bonchev–Trinajstić information content (AvgIpc) is 2.93. The molecule has 0 bridgehead atoms. The largest absolute Gasteiger partial charge is 0.484 e. The Bertz CT molecular complexity index is 721. The molecule has 0 spiro atoms. The summed E-state index contributed by atoms with van der Waals surface area (Å²) in [6.07, 6.45) is -4.45. The summed E-state index contributed by atoms with van der Waals surface area (Å²) in [5.74, 6) is -0.503. The van der Waals surface area contributed by atoms with Crippen molar-refractivity contribution in [2.24, 2.45) is 0 Å². The zero-order valence-corrected chi connectivity index (χ0v) is 14.2. The normalized spacial score (nSPS) is 12.1. The quantitative estimate of drug-likeness (QED) is 0.877. The van der Waals surface area contributed by atoms with Crippen molar-refractivity contribution < 1.29 is 22.7 Å². The van der Waals surface area contributed by atoms with Gasteiger partial charge in [-0.05, 0) is 18.2 Å². The number of amides is 1. The van der Waals surface area contributed by atoms with Gasteiger partial charge in [0.1, 0.15) is 5.75 Å². The first-order valence-electron chi connectivity index (χ1n) is 7.11. The second kappa shape index (κ2) is 6.80. The maximum absolute atomic E-state index is 12.6. The smallest absolute Gasteiger partial charge is 0.416 e. The van der Waals surface area contributed by atoms with Crippen LogP contribution in [0.2, 0.25) is 0 Å². The van der Waals surface area contributed by atoms with E-state index in [1.807, 2.05) is 26.2 Å². The molecule has 1 aromatic heterocycles. The number of halogens is 3. The Hall–Kier alpha value is -2.09. The van der Waals surface area contributed by atoms with Crippen molar-refractivity contribution in [3.63, 3.8) is 0 Å². The topological polar surface area (TPSA) is 51.2 Å². The van der Waals surface area contributed by atoms with Gasteiger partial charge in [-0.2, -0.15) is 13.2 Å². The third-order valence-corrected chi connectivity index (χ3v) is 3.81. The molecule has 0 radical (unpaired) electrons. The molecule has 0 atom stereocenters. The molecular weight excluding hydrogens is 341 g/mol. The standard InChI is InChI=1S/C16H17F3N2O2S/c1-15(2,3)12-9-24-14(20-12)21-13(22)8-23-11-6-4-5-10(7-11)16(17,18)19/h4-7,9H,8H2,1-3H3,(H,20,21,22). The Labute approximate surface area is 141 Å². The summed E-state index contributed by atoms with van der Waals surface area (Å²) in [6.45, 7) is 5.62. The van der Waals surface area contributed by atoms with Gasteiger partial charge < -0.3 is 4.74 Å². The summed E-state index contributed by atoms with van der Waals surface area (Å²) in [4.78, 5) is 16.1. The van der Waals surface area contributed by atoms with Crippen molar-refractivity contribution in [1.29, 1.82) is 0 Å². The van der Waals surface area contributed by atoms with E-state index in [1.165, 1.54) is 23.5 Å². The van der Waals surface area contributed by atoms with Crippen LogP contribution in [0.25, 0.3) is 0 Å². The fraction of sp³-hybridized carbons (Fsp3) is 0.375. The molecule has 0 fully saturated rings. The lowest BCUT2D eigenvalue weighted by atomic mass is 9.93. The molecule has 0 aliphatic rings. The van der Waals surface area contributed by atoms with Gasteiger partial charge >= 0.3 is 6.18 Å². The molecule has 0 unspecified atom stereocenters. The van der Waals surface area contributed by atoms with Gasteiger partial charge in [0.15, 0.2) is 11.7 Å². The Balaban J connectivity index is 1.93. The van der Waals surface area contributed by atoms with Crippen molar-refractivity contribution in [2.75, 3.05) is 11.9 Å². The molecule has 0 saturated heterocycles. The van der Waals surface area contributed by atoms with Crippen LogP contribution in [0.5, 0.6) is 5.75 Å². The van der Waals surface area contributed by atoms with Gasteiger partial charge in [0.25, 0.3) is 5.91 Å². The summed E-state index contributed by atoms with van der Waals surface area (Å²) < 4.78 is 42.9. The lowest BCUT2D eigenvalue weighted by Crippen LogP contribution is -2.20. The van der Waals surface area contributed by atoms with Crippen LogP contribution in [0.3, 0.4) is 0 Å². The number of carbonyl (C=O) groups excluding carboxylic acids is 1. The molecule has 24 heavy (non-hydrogen) atoms. The second-order valence-electron chi connectivity index (χ2n) is 6.15. The van der Waals surface area contributed by atoms with E-state index in [-0.39, 0.29) is 11.2 Å². The molecule has 4 nitrogen and oxygen atoms in total. The lowest BCUT2D eigenvalue weighted by molar-refractivity contribution is -0.137. The highest BCUT2D eigenvalue weighted by molar-refractivity contribution is 7.13. The highest BCUT2D eigenvalue weighted by atomic mass is 32.1. The molecule has 2 rings (SSSR count). The molecule has 2 aromatic rings. The number of alkyl halides is 3. The zero-order valence-electron chi connectivity index (χ0n) is 13.4. The molecule has 0 saturated carbocycles. The van der Waals surface area contributed by atoms with Gasteiger partial charge in [0.05, 0.1) is 11.3 Å². The number of anilines is 1. The number of benzene rings is 1. The van der Waals surface area contributed by atoms with Crippen LogP contribution >= 0.6 is 11.3 Å². The van der Waals surface area contributed by atoms with E-state index in [2.05, 4.69) is 10.3 Å². The van der Waals surface area contributed by atoms with Crippen LogP contribution < -0.4 is 10.1 Å². The number of hydrogen-bond donors (Lipinski definition) is 1. The van der Waals surface area contributed by atoms with Gasteiger partial charge in [-0.25, -0.2) is 4.98 Å². The number of hydrogen-bond acceptors (Lipinski definition) is 4. The molecule has 1 heterocycles. The number of nitrogens with zero attached hydrogens (tertiary/aromatic N) is 1. The first kappa shape index (κ1) is 18.3. The molecule has 8 heteroatoms. The Morgan fingerprint density at radius 3 is 2.58 bits per heavy atom. The first-order valence-corrected chi connectivity index (χ1v) is 7.99. The Morgan fingerprint density at radius 2 is 2.00 bits per heavy atom. The fourth-order valence-corrected chi connectivity index (χ4v) is 2.70. The summed E-state index contributed by atoms with van der Waals surface area (Å²) in [7, 11) is 0. The van der Waals surface area contributed by atoms with Gasteiger partial charge in [0.2, 0.25) is 0 Å². The number of aromatic nitrogens is 1. The van der Waals surface area contributed by atoms with Crippen molar-refractivity contribution in [1.82, 2.24) is 4.98 Å². The monoisotopic (exact) mass is 358 g/mol. The molecule has 0 aliphatic carbocycles. The molecule has 130 valence electrons. The summed E-state index contributed by atoms with van der Waals surface area (Å²) >= 11 is 1.28. The van der Waals surface area contributed by atoms with E-state index >= 15 is 0 Å². The fourth-order valence-electron chi connectivity index (χ4n) is 1.74. The van der Waals surface area contributed by atoms with Gasteiger partial charge in [-0.1, -0.05) is 26.8 Å². The van der Waals surface area contributed by atoms with E-state index < -0.39 is 24.3 Å². The Kier molecular flexibility index (Phi) is 5.17. The lowest BCUT2D eigenvalue weighted by Gasteiger charge is -2.14. The SMILES string of the molecule is CC(C)(C)c1csc(NC(=O)COc2cccc(C(F)(F)F)c2)n1. The highest BCUT2D eigenvalue weighted by Crippen LogP contribution is 2.31. The number of nitrogens with one attached hydrogen (secondary N) is 1. The number of rotatable bonds is 4. The third-order valence-electron chi connectivity index (χ3n) is 3.05. The minimum absolute atomic E-state index is 0.0190. The van der Waals surface area contributed by atoms with Crippen LogP contribution in [0, 0.1) is 0 Å². The van der Waals surface area contributed by atoms with Gasteiger partial charge in [-0.15, -0.1) is 11.3 Å². The van der Waals surface area contributed by atoms with Crippen LogP contribution in [0.1, 0.15) is 32.0 Å². The maximum Gasteiger partial charge on any atom is 0.416 e. The van der Waals surface area contributed by atoms with Gasteiger partial charge in [0, 0.05) is 10.8 Å². The van der Waals surface area contributed by atoms with Gasteiger partial charge in [-0.3, -0.25) is 10.1 Å². The maximum atomic E-state index is 12.6. The van der Waals surface area contributed by atoms with E-state index in [9.17, 15) is 18.0 Å². The van der Waals surface area contributed by atoms with E-state index in [4.69, 9.17) is 4.74 Å². The minimum Gasteiger partial charge on any atom is -0.484 e. The van der Waals surface area contributed by atoms with Crippen LogP contribution in [-0.4, -0.2) is 17.5 Å².